The normalized spacial score (nSPS) is 37.2. The van der Waals surface area contributed by atoms with Crippen LogP contribution in [0.5, 0.6) is 0 Å². The van der Waals surface area contributed by atoms with Crippen molar-refractivity contribution in [3.8, 4) is 0 Å². The maximum Gasteiger partial charge on any atom is 0.335 e. The Morgan fingerprint density at radius 1 is 1.73 bits per heavy atom. The maximum absolute atomic E-state index is 10.8. The van der Waals surface area contributed by atoms with Crippen molar-refractivity contribution in [1.82, 2.24) is 0 Å². The fraction of sp³-hybridized carbons (Fsp3) is 0.857. The molecule has 1 saturated heterocycles. The highest BCUT2D eigenvalue weighted by molar-refractivity contribution is 5.74. The molecule has 4 nitrogen and oxygen atoms in total. The van der Waals surface area contributed by atoms with E-state index in [2.05, 4.69) is 4.74 Å². The van der Waals surface area contributed by atoms with Crippen LogP contribution in [-0.2, 0) is 14.3 Å². The molecule has 1 rings (SSSR count). The van der Waals surface area contributed by atoms with Crippen LogP contribution in [0.25, 0.3) is 0 Å². The Hall–Kier alpha value is -0.610. The number of esters is 1. The molecule has 0 amide bonds. The number of ether oxygens (including phenoxy) is 2. The molecule has 1 unspecified atom stereocenters. The highest BCUT2D eigenvalue weighted by Crippen LogP contribution is 2.20. The monoisotopic (exact) mass is 160 g/mol. The lowest BCUT2D eigenvalue weighted by molar-refractivity contribution is -0.152. The molecule has 0 saturated carbocycles. The molecule has 0 aromatic carbocycles. The summed E-state index contributed by atoms with van der Waals surface area (Å²) in [5.74, 6) is -0.409. The van der Waals surface area contributed by atoms with Gasteiger partial charge in [0, 0.05) is 6.42 Å². The fourth-order valence-corrected chi connectivity index (χ4v) is 1.10. The van der Waals surface area contributed by atoms with Crippen LogP contribution in [0.15, 0.2) is 0 Å². The number of rotatable bonds is 1. The Morgan fingerprint density at radius 3 is 2.73 bits per heavy atom. The minimum absolute atomic E-state index is 0.265. The molecule has 1 heterocycles. The molecule has 0 aromatic heterocycles. The standard InChI is InChI=1S/C7H12O4/c1-4-5(8)3-6(11-4)7(9)10-2/h4-6,8H,3H2,1-2H3/t4?,5-,6-/m1/s1. The Bertz CT molecular complexity index is 147. The van der Waals surface area contributed by atoms with Crippen molar-refractivity contribution in [2.75, 3.05) is 7.11 Å². The summed E-state index contributed by atoms with van der Waals surface area (Å²) >= 11 is 0. The molecule has 11 heavy (non-hydrogen) atoms. The molecule has 0 radical (unpaired) electrons. The summed E-state index contributed by atoms with van der Waals surface area (Å²) in [5.41, 5.74) is 0. The average Bonchev–Trinajstić information content (AvgIpc) is 2.31. The summed E-state index contributed by atoms with van der Waals surface area (Å²) in [6.07, 6.45) is -1.04. The summed E-state index contributed by atoms with van der Waals surface area (Å²) in [7, 11) is 1.31. The number of hydrogen-bond donors (Lipinski definition) is 1. The first-order chi connectivity index (χ1) is 5.15. The van der Waals surface area contributed by atoms with Gasteiger partial charge in [-0.2, -0.15) is 0 Å². The summed E-state index contributed by atoms with van der Waals surface area (Å²) in [5, 5.41) is 9.18. The van der Waals surface area contributed by atoms with Crippen molar-refractivity contribution in [2.45, 2.75) is 31.7 Å². The molecule has 3 atom stereocenters. The lowest BCUT2D eigenvalue weighted by Crippen LogP contribution is -2.21. The van der Waals surface area contributed by atoms with E-state index in [1.165, 1.54) is 7.11 Å². The number of aliphatic hydroxyl groups excluding tert-OH is 1. The second-order valence-electron chi connectivity index (χ2n) is 2.66. The van der Waals surface area contributed by atoms with Gasteiger partial charge < -0.3 is 14.6 Å². The van der Waals surface area contributed by atoms with E-state index in [1.807, 2.05) is 0 Å². The molecule has 4 heteroatoms. The van der Waals surface area contributed by atoms with Gasteiger partial charge in [-0.3, -0.25) is 0 Å². The second-order valence-corrected chi connectivity index (χ2v) is 2.66. The first-order valence-corrected chi connectivity index (χ1v) is 3.56. The van der Waals surface area contributed by atoms with Crippen LogP contribution in [0.2, 0.25) is 0 Å². The van der Waals surface area contributed by atoms with Gasteiger partial charge in [-0.1, -0.05) is 0 Å². The van der Waals surface area contributed by atoms with E-state index in [-0.39, 0.29) is 6.10 Å². The third-order valence-electron chi connectivity index (χ3n) is 1.84. The highest BCUT2D eigenvalue weighted by atomic mass is 16.6. The van der Waals surface area contributed by atoms with E-state index in [4.69, 9.17) is 4.74 Å². The maximum atomic E-state index is 10.8. The van der Waals surface area contributed by atoms with Crippen LogP contribution >= 0.6 is 0 Å². The van der Waals surface area contributed by atoms with Crippen LogP contribution in [0.3, 0.4) is 0 Å². The molecule has 0 aliphatic carbocycles. The number of carbonyl (C=O) groups is 1. The molecular weight excluding hydrogens is 148 g/mol. The molecule has 0 bridgehead atoms. The largest absolute Gasteiger partial charge is 0.467 e. The molecule has 1 fully saturated rings. The number of methoxy groups -OCH3 is 1. The van der Waals surface area contributed by atoms with Gasteiger partial charge in [0.15, 0.2) is 6.10 Å². The lowest BCUT2D eigenvalue weighted by Gasteiger charge is -2.07. The van der Waals surface area contributed by atoms with Gasteiger partial charge in [0.1, 0.15) is 0 Å². The summed E-state index contributed by atoms with van der Waals surface area (Å²) < 4.78 is 9.56. The van der Waals surface area contributed by atoms with Gasteiger partial charge in [0.2, 0.25) is 0 Å². The minimum atomic E-state index is -0.579. The quantitative estimate of drug-likeness (QED) is 0.535. The van der Waals surface area contributed by atoms with E-state index in [9.17, 15) is 9.90 Å². The SMILES string of the molecule is COC(=O)[C@H]1C[C@@H](O)C(C)O1. The van der Waals surface area contributed by atoms with Crippen molar-refractivity contribution < 1.29 is 19.4 Å². The Morgan fingerprint density at radius 2 is 2.36 bits per heavy atom. The zero-order valence-corrected chi connectivity index (χ0v) is 6.61. The highest BCUT2D eigenvalue weighted by Gasteiger charge is 2.35. The molecule has 64 valence electrons. The molecule has 1 aliphatic rings. The Labute approximate surface area is 65.1 Å². The van der Waals surface area contributed by atoms with Gasteiger partial charge in [-0.25, -0.2) is 4.79 Å². The summed E-state index contributed by atoms with van der Waals surface area (Å²) in [4.78, 5) is 10.8. The predicted molar refractivity (Wildman–Crippen MR) is 37.0 cm³/mol. The number of hydrogen-bond acceptors (Lipinski definition) is 4. The molecule has 1 aliphatic heterocycles. The van der Waals surface area contributed by atoms with Gasteiger partial charge in [-0.05, 0) is 6.92 Å². The predicted octanol–water partition coefficient (Wildman–Crippen LogP) is -0.302. The van der Waals surface area contributed by atoms with Gasteiger partial charge in [-0.15, -0.1) is 0 Å². The first kappa shape index (κ1) is 8.49. The first-order valence-electron chi connectivity index (χ1n) is 3.56. The van der Waals surface area contributed by atoms with Crippen LogP contribution in [-0.4, -0.2) is 36.5 Å². The number of aliphatic hydroxyl groups is 1. The Kier molecular flexibility index (Phi) is 2.46. The summed E-state index contributed by atoms with van der Waals surface area (Å²) in [6.45, 7) is 1.73. The molecule has 0 spiro atoms. The van der Waals surface area contributed by atoms with E-state index < -0.39 is 18.2 Å². The van der Waals surface area contributed by atoms with Crippen molar-refractivity contribution in [1.29, 1.82) is 0 Å². The van der Waals surface area contributed by atoms with E-state index >= 15 is 0 Å². The zero-order chi connectivity index (χ0) is 8.43. The van der Waals surface area contributed by atoms with Crippen LogP contribution in [0.1, 0.15) is 13.3 Å². The van der Waals surface area contributed by atoms with E-state index in [0.717, 1.165) is 0 Å². The van der Waals surface area contributed by atoms with Gasteiger partial charge >= 0.3 is 5.97 Å². The van der Waals surface area contributed by atoms with Crippen molar-refractivity contribution in [2.24, 2.45) is 0 Å². The van der Waals surface area contributed by atoms with Crippen LogP contribution < -0.4 is 0 Å². The third kappa shape index (κ3) is 1.70. The van der Waals surface area contributed by atoms with Crippen molar-refractivity contribution >= 4 is 5.97 Å². The summed E-state index contributed by atoms with van der Waals surface area (Å²) in [6, 6.07) is 0. The van der Waals surface area contributed by atoms with Gasteiger partial charge in [0.05, 0.1) is 19.3 Å². The number of carbonyl (C=O) groups excluding carboxylic acids is 1. The minimum Gasteiger partial charge on any atom is -0.467 e. The Balaban J connectivity index is 2.46. The van der Waals surface area contributed by atoms with Crippen molar-refractivity contribution in [3.63, 3.8) is 0 Å². The second kappa shape index (κ2) is 3.19. The third-order valence-corrected chi connectivity index (χ3v) is 1.84. The topological polar surface area (TPSA) is 55.8 Å². The van der Waals surface area contributed by atoms with Gasteiger partial charge in [0.25, 0.3) is 0 Å². The fourth-order valence-electron chi connectivity index (χ4n) is 1.10. The van der Waals surface area contributed by atoms with Crippen molar-refractivity contribution in [3.05, 3.63) is 0 Å². The smallest absolute Gasteiger partial charge is 0.335 e. The molecule has 0 aromatic rings. The molecule has 1 N–H and O–H groups in total. The zero-order valence-electron chi connectivity index (χ0n) is 6.61. The van der Waals surface area contributed by atoms with E-state index in [0.29, 0.717) is 6.42 Å². The molecular formula is C7H12O4. The lowest BCUT2D eigenvalue weighted by atomic mass is 10.1. The average molecular weight is 160 g/mol. The van der Waals surface area contributed by atoms with Crippen LogP contribution in [0.4, 0.5) is 0 Å². The van der Waals surface area contributed by atoms with Crippen LogP contribution in [0, 0.1) is 0 Å². The van der Waals surface area contributed by atoms with E-state index in [1.54, 1.807) is 6.92 Å².